The molecule has 8 nitrogen and oxygen atoms in total. The highest BCUT2D eigenvalue weighted by atomic mass is 16.2. The minimum absolute atomic E-state index is 0.0622. The number of aromatic amines is 1. The molecule has 0 unspecified atom stereocenters. The molecule has 2 aromatic heterocycles. The van der Waals surface area contributed by atoms with Crippen LogP contribution in [0.15, 0.2) is 53.3 Å². The van der Waals surface area contributed by atoms with Crippen LogP contribution in [0.5, 0.6) is 0 Å². The van der Waals surface area contributed by atoms with Crippen molar-refractivity contribution in [2.45, 2.75) is 59.5 Å². The molecule has 0 saturated heterocycles. The van der Waals surface area contributed by atoms with E-state index in [4.69, 9.17) is 5.10 Å². The third-order valence-corrected chi connectivity index (χ3v) is 5.64. The van der Waals surface area contributed by atoms with Gasteiger partial charge in [0.05, 0.1) is 12.1 Å². The fraction of sp³-hybridized carbons (Fsp3) is 0.400. The van der Waals surface area contributed by atoms with Crippen LogP contribution in [-0.4, -0.2) is 35.0 Å². The Bertz CT molecular complexity index is 1260. The number of rotatable bonds is 7. The van der Waals surface area contributed by atoms with Gasteiger partial charge in [0.25, 0.3) is 0 Å². The molecule has 0 radical (unpaired) electrons. The van der Waals surface area contributed by atoms with Crippen LogP contribution < -0.4 is 5.69 Å². The lowest BCUT2D eigenvalue weighted by molar-refractivity contribution is 0.339. The van der Waals surface area contributed by atoms with E-state index in [9.17, 15) is 4.79 Å². The molecule has 0 aliphatic heterocycles. The molecule has 33 heavy (non-hydrogen) atoms. The molecule has 4 rings (SSSR count). The SMILES string of the molecule is CC(C)CCc1nn(C(C)(C)C)c(=O)n1Cc1ccc(-c2ccccc2-c2nn[nH]n2)cc1. The van der Waals surface area contributed by atoms with Crippen molar-refractivity contribution in [2.24, 2.45) is 5.92 Å². The highest BCUT2D eigenvalue weighted by Crippen LogP contribution is 2.29. The van der Waals surface area contributed by atoms with Crippen molar-refractivity contribution in [3.05, 3.63) is 70.4 Å². The molecule has 2 aromatic carbocycles. The normalized spacial score (nSPS) is 11.9. The van der Waals surface area contributed by atoms with Crippen molar-refractivity contribution in [3.63, 3.8) is 0 Å². The third kappa shape index (κ3) is 4.94. The number of hydrogen-bond acceptors (Lipinski definition) is 5. The average molecular weight is 446 g/mol. The van der Waals surface area contributed by atoms with Crippen LogP contribution in [0.3, 0.4) is 0 Å². The summed E-state index contributed by atoms with van der Waals surface area (Å²) in [5.41, 5.74) is 3.62. The third-order valence-electron chi connectivity index (χ3n) is 5.64. The largest absolute Gasteiger partial charge is 0.346 e. The first-order valence-corrected chi connectivity index (χ1v) is 11.4. The summed E-state index contributed by atoms with van der Waals surface area (Å²) in [6, 6.07) is 16.3. The molecule has 4 aromatic rings. The summed E-state index contributed by atoms with van der Waals surface area (Å²) in [5, 5.41) is 19.1. The van der Waals surface area contributed by atoms with Gasteiger partial charge < -0.3 is 0 Å². The molecule has 0 bridgehead atoms. The second kappa shape index (κ2) is 9.13. The molecule has 0 atom stereocenters. The van der Waals surface area contributed by atoms with Crippen LogP contribution in [0.1, 0.15) is 52.4 Å². The Kier molecular flexibility index (Phi) is 6.26. The van der Waals surface area contributed by atoms with Crippen molar-refractivity contribution in [2.75, 3.05) is 0 Å². The Labute approximate surface area is 193 Å². The van der Waals surface area contributed by atoms with Crippen LogP contribution in [0.2, 0.25) is 0 Å². The van der Waals surface area contributed by atoms with Crippen molar-refractivity contribution < 1.29 is 0 Å². The van der Waals surface area contributed by atoms with Crippen molar-refractivity contribution in [3.8, 4) is 22.5 Å². The number of aryl methyl sites for hydroxylation is 1. The van der Waals surface area contributed by atoms with Gasteiger partial charge in [-0.05, 0) is 55.0 Å². The van der Waals surface area contributed by atoms with Crippen molar-refractivity contribution >= 4 is 0 Å². The highest BCUT2D eigenvalue weighted by molar-refractivity contribution is 5.80. The topological polar surface area (TPSA) is 94.3 Å². The summed E-state index contributed by atoms with van der Waals surface area (Å²) in [5.74, 6) is 1.95. The van der Waals surface area contributed by atoms with Gasteiger partial charge in [-0.15, -0.1) is 10.2 Å². The van der Waals surface area contributed by atoms with Crippen LogP contribution in [-0.2, 0) is 18.5 Å². The van der Waals surface area contributed by atoms with E-state index in [0.717, 1.165) is 40.9 Å². The Hall–Kier alpha value is -3.55. The van der Waals surface area contributed by atoms with Gasteiger partial charge in [-0.1, -0.05) is 62.4 Å². The molecule has 2 heterocycles. The number of aromatic nitrogens is 7. The predicted octanol–water partition coefficient (Wildman–Crippen LogP) is 4.28. The van der Waals surface area contributed by atoms with E-state index in [1.54, 1.807) is 4.68 Å². The molecule has 172 valence electrons. The molecule has 0 fully saturated rings. The fourth-order valence-electron chi connectivity index (χ4n) is 3.81. The summed E-state index contributed by atoms with van der Waals surface area (Å²) in [7, 11) is 0. The maximum atomic E-state index is 13.2. The van der Waals surface area contributed by atoms with E-state index in [0.29, 0.717) is 18.3 Å². The van der Waals surface area contributed by atoms with Gasteiger partial charge in [-0.3, -0.25) is 4.57 Å². The Balaban J connectivity index is 1.64. The summed E-state index contributed by atoms with van der Waals surface area (Å²) in [6.45, 7) is 10.9. The van der Waals surface area contributed by atoms with E-state index in [2.05, 4.69) is 58.7 Å². The van der Waals surface area contributed by atoms with E-state index in [-0.39, 0.29) is 11.2 Å². The standard InChI is InChI=1S/C25H31N7O/c1-17(2)10-15-22-28-32(25(3,4)5)24(33)31(22)16-18-11-13-19(14-12-18)20-8-6-7-9-21(20)23-26-29-30-27-23/h6-9,11-14,17H,10,15-16H2,1-5H3,(H,26,27,29,30). The number of nitrogens with zero attached hydrogens (tertiary/aromatic N) is 6. The van der Waals surface area contributed by atoms with E-state index >= 15 is 0 Å². The minimum atomic E-state index is -0.363. The monoisotopic (exact) mass is 445 g/mol. The first-order valence-electron chi connectivity index (χ1n) is 11.4. The van der Waals surface area contributed by atoms with Gasteiger partial charge in [-0.25, -0.2) is 9.48 Å². The highest BCUT2D eigenvalue weighted by Gasteiger charge is 2.22. The fourth-order valence-corrected chi connectivity index (χ4v) is 3.81. The zero-order valence-corrected chi connectivity index (χ0v) is 19.9. The molecule has 0 aliphatic rings. The Morgan fingerprint density at radius 1 is 1.00 bits per heavy atom. The predicted molar refractivity (Wildman–Crippen MR) is 129 cm³/mol. The Morgan fingerprint density at radius 3 is 2.30 bits per heavy atom. The molecular formula is C25H31N7O. The van der Waals surface area contributed by atoms with Crippen LogP contribution >= 0.6 is 0 Å². The number of benzene rings is 2. The number of H-pyrrole nitrogens is 1. The van der Waals surface area contributed by atoms with E-state index < -0.39 is 0 Å². The quantitative estimate of drug-likeness (QED) is 0.458. The van der Waals surface area contributed by atoms with E-state index in [1.165, 1.54) is 0 Å². The molecule has 0 amide bonds. The first kappa shape index (κ1) is 22.6. The van der Waals surface area contributed by atoms with Gasteiger partial charge >= 0.3 is 5.69 Å². The molecular weight excluding hydrogens is 414 g/mol. The maximum absolute atomic E-state index is 13.2. The minimum Gasteiger partial charge on any atom is -0.274 e. The zero-order valence-electron chi connectivity index (χ0n) is 19.9. The van der Waals surface area contributed by atoms with Crippen molar-refractivity contribution in [1.82, 2.24) is 35.0 Å². The smallest absolute Gasteiger partial charge is 0.274 e. The average Bonchev–Trinajstić information content (AvgIpc) is 3.42. The van der Waals surface area contributed by atoms with Gasteiger partial charge in [0, 0.05) is 12.0 Å². The van der Waals surface area contributed by atoms with E-state index in [1.807, 2.05) is 49.6 Å². The first-order chi connectivity index (χ1) is 15.7. The van der Waals surface area contributed by atoms with Crippen LogP contribution in [0.4, 0.5) is 0 Å². The zero-order chi connectivity index (χ0) is 23.6. The lowest BCUT2D eigenvalue weighted by Gasteiger charge is -2.17. The number of hydrogen-bond donors (Lipinski definition) is 1. The summed E-state index contributed by atoms with van der Waals surface area (Å²) in [4.78, 5) is 13.2. The van der Waals surface area contributed by atoms with Crippen LogP contribution in [0, 0.1) is 5.92 Å². The van der Waals surface area contributed by atoms with Gasteiger partial charge in [0.2, 0.25) is 5.82 Å². The van der Waals surface area contributed by atoms with Gasteiger partial charge in [-0.2, -0.15) is 10.3 Å². The second-order valence-corrected chi connectivity index (χ2v) is 9.78. The second-order valence-electron chi connectivity index (χ2n) is 9.78. The maximum Gasteiger partial charge on any atom is 0.346 e. The lowest BCUT2D eigenvalue weighted by atomic mass is 9.98. The lowest BCUT2D eigenvalue weighted by Crippen LogP contribution is -2.36. The summed E-state index contributed by atoms with van der Waals surface area (Å²) < 4.78 is 3.42. The van der Waals surface area contributed by atoms with Gasteiger partial charge in [0.1, 0.15) is 5.82 Å². The summed E-state index contributed by atoms with van der Waals surface area (Å²) >= 11 is 0. The van der Waals surface area contributed by atoms with Crippen molar-refractivity contribution in [1.29, 1.82) is 0 Å². The molecule has 1 N–H and O–H groups in total. The molecule has 8 heteroatoms. The number of tetrazole rings is 1. The summed E-state index contributed by atoms with van der Waals surface area (Å²) in [6.07, 6.45) is 1.78. The Morgan fingerprint density at radius 2 is 1.70 bits per heavy atom. The number of nitrogens with one attached hydrogen (secondary N) is 1. The van der Waals surface area contributed by atoms with Crippen LogP contribution in [0.25, 0.3) is 22.5 Å². The molecule has 0 saturated carbocycles. The molecule has 0 spiro atoms. The molecule has 0 aliphatic carbocycles. The van der Waals surface area contributed by atoms with Gasteiger partial charge in [0.15, 0.2) is 0 Å².